The molecule has 0 bridgehead atoms. The Balaban J connectivity index is 1.90. The number of pyridine rings is 1. The van der Waals surface area contributed by atoms with Crippen molar-refractivity contribution in [2.45, 2.75) is 26.7 Å². The van der Waals surface area contributed by atoms with Crippen molar-refractivity contribution >= 4 is 17.3 Å². The molecule has 3 heteroatoms. The molecule has 0 radical (unpaired) electrons. The lowest BCUT2D eigenvalue weighted by atomic mass is 10.1. The van der Waals surface area contributed by atoms with Crippen molar-refractivity contribution in [3.05, 3.63) is 80.9 Å². The molecule has 4 rings (SSSR count). The molecule has 1 aromatic carbocycles. The van der Waals surface area contributed by atoms with Gasteiger partial charge in [-0.2, -0.15) is 0 Å². The van der Waals surface area contributed by atoms with Crippen LogP contribution in [0.2, 0.25) is 0 Å². The van der Waals surface area contributed by atoms with Gasteiger partial charge in [0, 0.05) is 11.8 Å². The van der Waals surface area contributed by atoms with E-state index in [1.54, 1.807) is 4.40 Å². The molecule has 0 saturated heterocycles. The van der Waals surface area contributed by atoms with Crippen LogP contribution in [0.1, 0.15) is 34.4 Å². The van der Waals surface area contributed by atoms with Gasteiger partial charge in [-0.05, 0) is 55.5 Å². The topological polar surface area (TPSA) is 34.4 Å². The Hall–Kier alpha value is -2.68. The monoisotopic (exact) mass is 302 g/mol. The average Bonchev–Trinajstić information content (AvgIpc) is 2.92. The first-order valence-electron chi connectivity index (χ1n) is 7.91. The minimum absolute atomic E-state index is 0.0707. The van der Waals surface area contributed by atoms with Crippen LogP contribution in [0, 0.1) is 13.8 Å². The van der Waals surface area contributed by atoms with Crippen LogP contribution >= 0.6 is 0 Å². The highest BCUT2D eigenvalue weighted by atomic mass is 16.1. The fourth-order valence-electron chi connectivity index (χ4n) is 3.25. The second kappa shape index (κ2) is 5.20. The van der Waals surface area contributed by atoms with Crippen LogP contribution in [0.3, 0.4) is 0 Å². The summed E-state index contributed by atoms with van der Waals surface area (Å²) < 4.78 is 1.67. The van der Waals surface area contributed by atoms with E-state index in [4.69, 9.17) is 4.98 Å². The summed E-state index contributed by atoms with van der Waals surface area (Å²) in [7, 11) is 0. The third-order valence-electron chi connectivity index (χ3n) is 4.40. The van der Waals surface area contributed by atoms with Crippen molar-refractivity contribution < 1.29 is 0 Å². The van der Waals surface area contributed by atoms with Gasteiger partial charge >= 0.3 is 0 Å². The molecule has 23 heavy (non-hydrogen) atoms. The number of aryl methyl sites for hydroxylation is 2. The zero-order valence-electron chi connectivity index (χ0n) is 13.3. The van der Waals surface area contributed by atoms with E-state index in [0.717, 1.165) is 40.9 Å². The molecule has 0 saturated carbocycles. The Morgan fingerprint density at radius 2 is 1.96 bits per heavy atom. The van der Waals surface area contributed by atoms with Gasteiger partial charge in [0.05, 0.1) is 5.69 Å². The third kappa shape index (κ3) is 2.38. The Morgan fingerprint density at radius 3 is 2.78 bits per heavy atom. The number of aromatic nitrogens is 2. The average molecular weight is 302 g/mol. The van der Waals surface area contributed by atoms with Crippen LogP contribution in [0.25, 0.3) is 17.3 Å². The molecule has 1 aliphatic carbocycles. The van der Waals surface area contributed by atoms with Gasteiger partial charge in [0.2, 0.25) is 0 Å². The highest BCUT2D eigenvalue weighted by Gasteiger charge is 2.22. The summed E-state index contributed by atoms with van der Waals surface area (Å²) in [6.07, 6.45) is 5.68. The van der Waals surface area contributed by atoms with Gasteiger partial charge in [-0.25, -0.2) is 4.98 Å². The van der Waals surface area contributed by atoms with Gasteiger partial charge in [0.25, 0.3) is 5.56 Å². The summed E-state index contributed by atoms with van der Waals surface area (Å²) in [5, 5.41) is 0. The fourth-order valence-corrected chi connectivity index (χ4v) is 3.25. The summed E-state index contributed by atoms with van der Waals surface area (Å²) in [6.45, 7) is 4.08. The van der Waals surface area contributed by atoms with Gasteiger partial charge < -0.3 is 0 Å². The first kappa shape index (κ1) is 13.9. The van der Waals surface area contributed by atoms with Crippen molar-refractivity contribution in [2.24, 2.45) is 0 Å². The first-order chi connectivity index (χ1) is 11.1. The van der Waals surface area contributed by atoms with Gasteiger partial charge in [-0.3, -0.25) is 9.20 Å². The van der Waals surface area contributed by atoms with Crippen LogP contribution < -0.4 is 5.56 Å². The van der Waals surface area contributed by atoms with Crippen LogP contribution in [0.4, 0.5) is 0 Å². The molecule has 0 atom stereocenters. The predicted molar refractivity (Wildman–Crippen MR) is 93.6 cm³/mol. The Labute approximate surface area is 134 Å². The number of allylic oxidation sites excluding steroid dienone is 1. The van der Waals surface area contributed by atoms with Crippen molar-refractivity contribution in [1.29, 1.82) is 0 Å². The summed E-state index contributed by atoms with van der Waals surface area (Å²) in [6, 6.07) is 12.3. The summed E-state index contributed by atoms with van der Waals surface area (Å²) >= 11 is 0. The Morgan fingerprint density at radius 1 is 1.09 bits per heavy atom. The van der Waals surface area contributed by atoms with Crippen LogP contribution in [0.5, 0.6) is 0 Å². The van der Waals surface area contributed by atoms with E-state index in [1.807, 2.05) is 25.3 Å². The number of benzene rings is 1. The largest absolute Gasteiger partial charge is 0.269 e. The highest BCUT2D eigenvalue weighted by Crippen LogP contribution is 2.30. The lowest BCUT2D eigenvalue weighted by Gasteiger charge is -2.06. The fraction of sp³-hybridized carbons (Fsp3) is 0.200. The number of fused-ring (bicyclic) bond motifs is 2. The molecule has 0 fully saturated rings. The van der Waals surface area contributed by atoms with Gasteiger partial charge in [-0.15, -0.1) is 0 Å². The molecule has 3 aromatic rings. The van der Waals surface area contributed by atoms with Crippen molar-refractivity contribution in [3.8, 4) is 0 Å². The minimum atomic E-state index is 0.0707. The summed E-state index contributed by atoms with van der Waals surface area (Å²) in [5.41, 5.74) is 7.13. The van der Waals surface area contributed by atoms with Crippen LogP contribution in [-0.4, -0.2) is 9.38 Å². The third-order valence-corrected chi connectivity index (χ3v) is 4.40. The zero-order valence-corrected chi connectivity index (χ0v) is 13.3. The molecular weight excluding hydrogens is 284 g/mol. The first-order valence-corrected chi connectivity index (χ1v) is 7.91. The van der Waals surface area contributed by atoms with E-state index in [1.165, 1.54) is 11.1 Å². The standard InChI is InChI=1S/C20H18N2O/c1-13-4-3-5-15(10-13)11-16-7-8-17-19(16)21-18-9-6-14(2)12-22(18)20(17)23/h3-6,9-12H,7-8H2,1-2H3. The van der Waals surface area contributed by atoms with Crippen LogP contribution in [0.15, 0.2) is 47.4 Å². The molecule has 1 aliphatic rings. The van der Waals surface area contributed by atoms with Gasteiger partial charge in [0.1, 0.15) is 5.65 Å². The molecular formula is C20H18N2O. The predicted octanol–water partition coefficient (Wildman–Crippen LogP) is 3.80. The molecule has 0 N–H and O–H groups in total. The molecule has 2 aromatic heterocycles. The molecule has 0 unspecified atom stereocenters. The molecule has 2 heterocycles. The second-order valence-electron chi connectivity index (χ2n) is 6.26. The highest BCUT2D eigenvalue weighted by molar-refractivity contribution is 5.84. The number of nitrogens with zero attached hydrogens (tertiary/aromatic N) is 2. The van der Waals surface area contributed by atoms with E-state index in [-0.39, 0.29) is 5.56 Å². The maximum absolute atomic E-state index is 12.7. The van der Waals surface area contributed by atoms with Crippen molar-refractivity contribution in [2.75, 3.05) is 0 Å². The van der Waals surface area contributed by atoms with Crippen LogP contribution in [-0.2, 0) is 6.42 Å². The van der Waals surface area contributed by atoms with Gasteiger partial charge in [0.15, 0.2) is 0 Å². The summed E-state index contributed by atoms with van der Waals surface area (Å²) in [4.78, 5) is 17.5. The van der Waals surface area contributed by atoms with E-state index in [2.05, 4.69) is 37.3 Å². The Bertz CT molecular complexity index is 1010. The smallest absolute Gasteiger partial charge is 0.261 e. The van der Waals surface area contributed by atoms with E-state index < -0.39 is 0 Å². The van der Waals surface area contributed by atoms with Crippen molar-refractivity contribution in [3.63, 3.8) is 0 Å². The molecule has 0 aliphatic heterocycles. The molecule has 114 valence electrons. The van der Waals surface area contributed by atoms with E-state index in [0.29, 0.717) is 0 Å². The number of rotatable bonds is 1. The zero-order chi connectivity index (χ0) is 16.0. The minimum Gasteiger partial charge on any atom is -0.269 e. The Kier molecular flexibility index (Phi) is 3.15. The molecule has 0 spiro atoms. The lowest BCUT2D eigenvalue weighted by Crippen LogP contribution is -2.19. The van der Waals surface area contributed by atoms with Crippen molar-refractivity contribution in [1.82, 2.24) is 9.38 Å². The maximum atomic E-state index is 12.7. The van der Waals surface area contributed by atoms with E-state index in [9.17, 15) is 4.79 Å². The summed E-state index contributed by atoms with van der Waals surface area (Å²) in [5.74, 6) is 0. The van der Waals surface area contributed by atoms with E-state index >= 15 is 0 Å². The maximum Gasteiger partial charge on any atom is 0.261 e. The SMILES string of the molecule is Cc1cccc(C=C2CCc3c2nc2ccc(C)cn2c3=O)c1. The second-order valence-corrected chi connectivity index (χ2v) is 6.26. The lowest BCUT2D eigenvalue weighted by molar-refractivity contribution is 0.965. The molecule has 3 nitrogen and oxygen atoms in total. The number of hydrogen-bond donors (Lipinski definition) is 0. The normalized spacial score (nSPS) is 15.3. The quantitative estimate of drug-likeness (QED) is 0.685. The molecule has 0 amide bonds. The van der Waals surface area contributed by atoms with Gasteiger partial charge in [-0.1, -0.05) is 35.9 Å². The number of hydrogen-bond acceptors (Lipinski definition) is 2.